The molecule has 1 N–H and O–H groups in total. The van der Waals surface area contributed by atoms with Crippen molar-refractivity contribution in [2.45, 2.75) is 13.3 Å². The molecule has 0 heterocycles. The average Bonchev–Trinajstić information content (AvgIpc) is 2.20. The van der Waals surface area contributed by atoms with Gasteiger partial charge in [-0.25, -0.2) is 0 Å². The number of rotatable bonds is 2. The van der Waals surface area contributed by atoms with Gasteiger partial charge in [-0.1, -0.05) is 36.4 Å². The van der Waals surface area contributed by atoms with Crippen LogP contribution in [-0.2, 0) is 6.42 Å². The molecule has 0 radical (unpaired) electrons. The van der Waals surface area contributed by atoms with Crippen LogP contribution in [0.1, 0.15) is 11.1 Å². The molecule has 0 fully saturated rings. The summed E-state index contributed by atoms with van der Waals surface area (Å²) in [7, 11) is 0. The van der Waals surface area contributed by atoms with Crippen LogP contribution >= 0.6 is 0 Å². The Morgan fingerprint density at radius 1 is 1.14 bits per heavy atom. The minimum absolute atomic E-state index is 0.220. The van der Waals surface area contributed by atoms with Crippen molar-refractivity contribution in [1.29, 1.82) is 0 Å². The van der Waals surface area contributed by atoms with Gasteiger partial charge >= 0.3 is 0 Å². The largest absolute Gasteiger partial charge is 0.396 e. The van der Waals surface area contributed by atoms with E-state index in [0.29, 0.717) is 0 Å². The van der Waals surface area contributed by atoms with E-state index in [2.05, 4.69) is 43.3 Å². The molecule has 72 valence electrons. The first-order chi connectivity index (χ1) is 6.81. The summed E-state index contributed by atoms with van der Waals surface area (Å²) in [5.74, 6) is 0. The molecule has 1 heteroatoms. The lowest BCUT2D eigenvalue weighted by Crippen LogP contribution is -1.90. The monoisotopic (exact) mass is 186 g/mol. The summed E-state index contributed by atoms with van der Waals surface area (Å²) >= 11 is 0. The van der Waals surface area contributed by atoms with Crippen molar-refractivity contribution in [3.63, 3.8) is 0 Å². The number of fused-ring (bicyclic) bond motifs is 1. The molecule has 0 aliphatic heterocycles. The molecule has 0 amide bonds. The first-order valence-electron chi connectivity index (χ1n) is 4.90. The average molecular weight is 186 g/mol. The maximum atomic E-state index is 8.86. The molecule has 1 nitrogen and oxygen atoms in total. The highest BCUT2D eigenvalue weighted by atomic mass is 16.2. The summed E-state index contributed by atoms with van der Waals surface area (Å²) < 4.78 is 0. The smallest absolute Gasteiger partial charge is 0.0471 e. The fourth-order valence-electron chi connectivity index (χ4n) is 1.76. The maximum absolute atomic E-state index is 8.86. The van der Waals surface area contributed by atoms with Crippen LogP contribution in [0.15, 0.2) is 36.4 Å². The molecule has 0 aromatic heterocycles. The second kappa shape index (κ2) is 3.81. The van der Waals surface area contributed by atoms with Gasteiger partial charge in [0.05, 0.1) is 0 Å². The molecule has 2 rings (SSSR count). The van der Waals surface area contributed by atoms with Crippen molar-refractivity contribution in [3.05, 3.63) is 47.5 Å². The topological polar surface area (TPSA) is 20.2 Å². The molecule has 0 saturated carbocycles. The third-order valence-electron chi connectivity index (χ3n) is 2.57. The molecule has 2 aromatic carbocycles. The quantitative estimate of drug-likeness (QED) is 0.764. The van der Waals surface area contributed by atoms with Gasteiger partial charge in [-0.2, -0.15) is 0 Å². The summed E-state index contributed by atoms with van der Waals surface area (Å²) in [6, 6.07) is 12.7. The van der Waals surface area contributed by atoms with Gasteiger partial charge in [0.15, 0.2) is 0 Å². The van der Waals surface area contributed by atoms with Gasteiger partial charge in [0.1, 0.15) is 0 Å². The molecular formula is C13H14O. The SMILES string of the molecule is Cc1cccc2ccc(CCO)cc12. The van der Waals surface area contributed by atoms with Crippen molar-refractivity contribution >= 4 is 10.8 Å². The van der Waals surface area contributed by atoms with E-state index < -0.39 is 0 Å². The maximum Gasteiger partial charge on any atom is 0.0471 e. The van der Waals surface area contributed by atoms with Crippen molar-refractivity contribution < 1.29 is 5.11 Å². The standard InChI is InChI=1S/C13H14O/c1-10-3-2-4-12-6-5-11(7-8-14)9-13(10)12/h2-6,9,14H,7-8H2,1H3. The summed E-state index contributed by atoms with van der Waals surface area (Å²) in [6.45, 7) is 2.34. The molecule has 0 aliphatic rings. The van der Waals surface area contributed by atoms with Crippen LogP contribution in [0.3, 0.4) is 0 Å². The van der Waals surface area contributed by atoms with E-state index in [1.165, 1.54) is 21.9 Å². The van der Waals surface area contributed by atoms with Crippen LogP contribution in [0.4, 0.5) is 0 Å². The Hall–Kier alpha value is -1.34. The van der Waals surface area contributed by atoms with Crippen LogP contribution in [0.2, 0.25) is 0 Å². The molecule has 0 bridgehead atoms. The molecule has 0 saturated heterocycles. The van der Waals surface area contributed by atoms with E-state index >= 15 is 0 Å². The molecular weight excluding hydrogens is 172 g/mol. The van der Waals surface area contributed by atoms with Gasteiger partial charge in [-0.3, -0.25) is 0 Å². The minimum Gasteiger partial charge on any atom is -0.396 e. The van der Waals surface area contributed by atoms with E-state index in [1.54, 1.807) is 0 Å². The molecule has 14 heavy (non-hydrogen) atoms. The van der Waals surface area contributed by atoms with Crippen molar-refractivity contribution in [3.8, 4) is 0 Å². The van der Waals surface area contributed by atoms with Gasteiger partial charge in [-0.05, 0) is 35.2 Å². The zero-order valence-corrected chi connectivity index (χ0v) is 8.33. The Morgan fingerprint density at radius 2 is 2.00 bits per heavy atom. The summed E-state index contributed by atoms with van der Waals surface area (Å²) in [6.07, 6.45) is 0.740. The zero-order chi connectivity index (χ0) is 9.97. The molecule has 0 aliphatic carbocycles. The molecule has 0 atom stereocenters. The Morgan fingerprint density at radius 3 is 2.79 bits per heavy atom. The molecule has 2 aromatic rings. The van der Waals surface area contributed by atoms with Gasteiger partial charge in [0.25, 0.3) is 0 Å². The predicted octanol–water partition coefficient (Wildman–Crippen LogP) is 2.68. The Balaban J connectivity index is 2.58. The van der Waals surface area contributed by atoms with E-state index in [0.717, 1.165) is 6.42 Å². The lowest BCUT2D eigenvalue weighted by molar-refractivity contribution is 0.299. The Labute approximate surface area is 84.0 Å². The molecule has 0 unspecified atom stereocenters. The third-order valence-corrected chi connectivity index (χ3v) is 2.57. The zero-order valence-electron chi connectivity index (χ0n) is 8.33. The predicted molar refractivity (Wildman–Crippen MR) is 59.5 cm³/mol. The number of benzene rings is 2. The number of aliphatic hydroxyl groups excluding tert-OH is 1. The van der Waals surface area contributed by atoms with Crippen LogP contribution in [-0.4, -0.2) is 11.7 Å². The van der Waals surface area contributed by atoms with Crippen LogP contribution in [0, 0.1) is 6.92 Å². The Kier molecular flexibility index (Phi) is 2.51. The second-order valence-electron chi connectivity index (χ2n) is 3.60. The number of hydrogen-bond acceptors (Lipinski definition) is 1. The fraction of sp³-hybridized carbons (Fsp3) is 0.231. The van der Waals surface area contributed by atoms with Crippen LogP contribution in [0.25, 0.3) is 10.8 Å². The van der Waals surface area contributed by atoms with Crippen molar-refractivity contribution in [2.75, 3.05) is 6.61 Å². The van der Waals surface area contributed by atoms with Crippen molar-refractivity contribution in [1.82, 2.24) is 0 Å². The van der Waals surface area contributed by atoms with E-state index in [-0.39, 0.29) is 6.61 Å². The van der Waals surface area contributed by atoms with Crippen LogP contribution < -0.4 is 0 Å². The first kappa shape index (κ1) is 9.22. The summed E-state index contributed by atoms with van der Waals surface area (Å²) in [4.78, 5) is 0. The number of hydrogen-bond donors (Lipinski definition) is 1. The summed E-state index contributed by atoms with van der Waals surface area (Å²) in [5, 5.41) is 11.4. The lowest BCUT2D eigenvalue weighted by atomic mass is 10.0. The van der Waals surface area contributed by atoms with Gasteiger partial charge in [0.2, 0.25) is 0 Å². The fourth-order valence-corrected chi connectivity index (χ4v) is 1.76. The van der Waals surface area contributed by atoms with E-state index in [1.807, 2.05) is 0 Å². The second-order valence-corrected chi connectivity index (χ2v) is 3.60. The number of aryl methyl sites for hydroxylation is 1. The molecule has 0 spiro atoms. The van der Waals surface area contributed by atoms with E-state index in [9.17, 15) is 0 Å². The van der Waals surface area contributed by atoms with Crippen molar-refractivity contribution in [2.24, 2.45) is 0 Å². The highest BCUT2D eigenvalue weighted by molar-refractivity contribution is 5.86. The lowest BCUT2D eigenvalue weighted by Gasteiger charge is -2.04. The van der Waals surface area contributed by atoms with Gasteiger partial charge in [-0.15, -0.1) is 0 Å². The summed E-state index contributed by atoms with van der Waals surface area (Å²) in [5.41, 5.74) is 2.50. The first-order valence-corrected chi connectivity index (χ1v) is 4.90. The Bertz CT molecular complexity index is 446. The van der Waals surface area contributed by atoms with Gasteiger partial charge in [0, 0.05) is 6.61 Å². The normalized spacial score (nSPS) is 10.7. The third kappa shape index (κ3) is 1.64. The van der Waals surface area contributed by atoms with Gasteiger partial charge < -0.3 is 5.11 Å². The number of aliphatic hydroxyl groups is 1. The van der Waals surface area contributed by atoms with E-state index in [4.69, 9.17) is 5.11 Å². The highest BCUT2D eigenvalue weighted by Gasteiger charge is 1.98. The highest BCUT2D eigenvalue weighted by Crippen LogP contribution is 2.19. The van der Waals surface area contributed by atoms with Crippen LogP contribution in [0.5, 0.6) is 0 Å². The minimum atomic E-state index is 0.220.